The molecule has 1 aliphatic heterocycles. The van der Waals surface area contributed by atoms with Crippen LogP contribution >= 0.6 is 0 Å². The lowest BCUT2D eigenvalue weighted by molar-refractivity contribution is -0.133. The summed E-state index contributed by atoms with van der Waals surface area (Å²) >= 11 is 0. The third-order valence-corrected chi connectivity index (χ3v) is 4.55. The Bertz CT molecular complexity index is 488. The number of carbonyl (C=O) groups excluding carboxylic acids is 1. The van der Waals surface area contributed by atoms with Gasteiger partial charge in [0.2, 0.25) is 11.8 Å². The van der Waals surface area contributed by atoms with Crippen molar-refractivity contribution >= 4 is 5.91 Å². The summed E-state index contributed by atoms with van der Waals surface area (Å²) in [6.07, 6.45) is 3.41. The molecular formula is C16H28N4O2. The van der Waals surface area contributed by atoms with E-state index < -0.39 is 0 Å². The van der Waals surface area contributed by atoms with Crippen LogP contribution in [0.15, 0.2) is 4.52 Å². The minimum atomic E-state index is 0.0419. The summed E-state index contributed by atoms with van der Waals surface area (Å²) in [5.41, 5.74) is 0. The van der Waals surface area contributed by atoms with Crippen molar-refractivity contribution in [1.29, 1.82) is 0 Å². The third-order valence-electron chi connectivity index (χ3n) is 4.55. The average Bonchev–Trinajstić information content (AvgIpc) is 3.03. The zero-order chi connectivity index (χ0) is 16.1. The fourth-order valence-corrected chi connectivity index (χ4v) is 3.09. The van der Waals surface area contributed by atoms with Gasteiger partial charge in [-0.15, -0.1) is 0 Å². The van der Waals surface area contributed by atoms with Gasteiger partial charge in [-0.05, 0) is 19.3 Å². The van der Waals surface area contributed by atoms with E-state index in [-0.39, 0.29) is 11.9 Å². The van der Waals surface area contributed by atoms with Gasteiger partial charge in [0.15, 0.2) is 5.82 Å². The van der Waals surface area contributed by atoms with Crippen molar-refractivity contribution in [2.75, 3.05) is 13.1 Å². The molecule has 1 fully saturated rings. The van der Waals surface area contributed by atoms with E-state index in [1.54, 1.807) is 0 Å². The standard InChI is InChI=1S/C16H28N4O2/c1-5-12-10-20(15(21)7-3)9-8-13(12)17-11(4)16-18-14(6-2)19-22-16/h11-13,17H,5-10H2,1-4H3/t11-,12+,13+/m1/s1. The molecule has 2 rings (SSSR count). The highest BCUT2D eigenvalue weighted by Gasteiger charge is 2.31. The van der Waals surface area contributed by atoms with Crippen LogP contribution in [-0.2, 0) is 11.2 Å². The van der Waals surface area contributed by atoms with Crippen molar-refractivity contribution in [3.8, 4) is 0 Å². The summed E-state index contributed by atoms with van der Waals surface area (Å²) in [6, 6.07) is 0.429. The summed E-state index contributed by atoms with van der Waals surface area (Å²) in [5.74, 6) is 2.13. The molecule has 0 spiro atoms. The van der Waals surface area contributed by atoms with Gasteiger partial charge in [-0.1, -0.05) is 32.3 Å². The number of hydrogen-bond donors (Lipinski definition) is 1. The number of amides is 1. The average molecular weight is 308 g/mol. The van der Waals surface area contributed by atoms with Crippen LogP contribution in [0.4, 0.5) is 0 Å². The SMILES string of the molecule is CCC(=O)N1CC[C@H](N[C@H](C)c2nc(CC)no2)[C@@H](CC)C1. The molecule has 6 nitrogen and oxygen atoms in total. The summed E-state index contributed by atoms with van der Waals surface area (Å²) in [6.45, 7) is 9.86. The number of aryl methyl sites for hydroxylation is 1. The Balaban J connectivity index is 1.95. The molecule has 0 unspecified atom stereocenters. The van der Waals surface area contributed by atoms with Crippen LogP contribution in [-0.4, -0.2) is 40.1 Å². The quantitative estimate of drug-likeness (QED) is 0.873. The van der Waals surface area contributed by atoms with E-state index in [0.717, 1.165) is 38.2 Å². The van der Waals surface area contributed by atoms with Gasteiger partial charge in [0.1, 0.15) is 0 Å². The molecule has 1 aromatic heterocycles. The summed E-state index contributed by atoms with van der Waals surface area (Å²) in [7, 11) is 0. The number of nitrogens with one attached hydrogen (secondary N) is 1. The molecule has 1 aliphatic rings. The second kappa shape index (κ2) is 7.72. The first kappa shape index (κ1) is 16.9. The van der Waals surface area contributed by atoms with Crippen LogP contribution in [0.3, 0.4) is 0 Å². The van der Waals surface area contributed by atoms with E-state index in [4.69, 9.17) is 4.52 Å². The lowest BCUT2D eigenvalue weighted by atomic mass is 9.89. The van der Waals surface area contributed by atoms with Gasteiger partial charge in [-0.3, -0.25) is 4.79 Å². The first-order valence-corrected chi connectivity index (χ1v) is 8.45. The Morgan fingerprint density at radius 2 is 2.23 bits per heavy atom. The molecule has 2 heterocycles. The van der Waals surface area contributed by atoms with E-state index in [9.17, 15) is 4.79 Å². The maximum absolute atomic E-state index is 11.9. The summed E-state index contributed by atoms with van der Waals surface area (Å²) in [5, 5.41) is 7.57. The Morgan fingerprint density at radius 3 is 2.82 bits per heavy atom. The van der Waals surface area contributed by atoms with Crippen molar-refractivity contribution in [3.05, 3.63) is 11.7 Å². The lowest BCUT2D eigenvalue weighted by Crippen LogP contribution is -2.51. The molecule has 22 heavy (non-hydrogen) atoms. The highest BCUT2D eigenvalue weighted by Crippen LogP contribution is 2.23. The van der Waals surface area contributed by atoms with Crippen molar-refractivity contribution in [1.82, 2.24) is 20.4 Å². The lowest BCUT2D eigenvalue weighted by Gasteiger charge is -2.39. The Kier molecular flexibility index (Phi) is 5.94. The minimum absolute atomic E-state index is 0.0419. The molecule has 1 aromatic rings. The molecule has 0 radical (unpaired) electrons. The zero-order valence-corrected chi connectivity index (χ0v) is 14.1. The molecule has 1 N–H and O–H groups in total. The zero-order valence-electron chi connectivity index (χ0n) is 14.1. The van der Waals surface area contributed by atoms with Gasteiger partial charge in [-0.25, -0.2) is 0 Å². The van der Waals surface area contributed by atoms with Gasteiger partial charge in [0, 0.05) is 32.0 Å². The normalized spacial score (nSPS) is 23.5. The number of hydrogen-bond acceptors (Lipinski definition) is 5. The number of aromatic nitrogens is 2. The maximum Gasteiger partial charge on any atom is 0.243 e. The highest BCUT2D eigenvalue weighted by atomic mass is 16.5. The Hall–Kier alpha value is -1.43. The molecule has 3 atom stereocenters. The molecule has 0 aliphatic carbocycles. The second-order valence-electron chi connectivity index (χ2n) is 6.05. The number of piperidine rings is 1. The highest BCUT2D eigenvalue weighted by molar-refractivity contribution is 5.75. The van der Waals surface area contributed by atoms with Crippen molar-refractivity contribution in [2.24, 2.45) is 5.92 Å². The molecule has 1 saturated heterocycles. The summed E-state index contributed by atoms with van der Waals surface area (Å²) in [4.78, 5) is 18.3. The first-order valence-electron chi connectivity index (χ1n) is 8.45. The van der Waals surface area contributed by atoms with E-state index in [0.29, 0.717) is 24.3 Å². The molecule has 0 aromatic carbocycles. The van der Waals surface area contributed by atoms with Crippen LogP contribution in [0.1, 0.15) is 64.7 Å². The fraction of sp³-hybridized carbons (Fsp3) is 0.812. The first-order chi connectivity index (χ1) is 10.6. The number of likely N-dealkylation sites (tertiary alicyclic amines) is 1. The molecule has 124 valence electrons. The van der Waals surface area contributed by atoms with Gasteiger partial charge in [0.25, 0.3) is 0 Å². The molecule has 0 saturated carbocycles. The topological polar surface area (TPSA) is 71.3 Å². The van der Waals surface area contributed by atoms with Gasteiger partial charge < -0.3 is 14.7 Å². The summed E-state index contributed by atoms with van der Waals surface area (Å²) < 4.78 is 5.32. The van der Waals surface area contributed by atoms with E-state index in [2.05, 4.69) is 29.3 Å². The smallest absolute Gasteiger partial charge is 0.243 e. The maximum atomic E-state index is 11.9. The van der Waals surface area contributed by atoms with Crippen LogP contribution < -0.4 is 5.32 Å². The van der Waals surface area contributed by atoms with Crippen LogP contribution in [0, 0.1) is 5.92 Å². The van der Waals surface area contributed by atoms with Crippen molar-refractivity contribution in [3.63, 3.8) is 0 Å². The number of carbonyl (C=O) groups is 1. The van der Waals surface area contributed by atoms with Crippen LogP contribution in [0.2, 0.25) is 0 Å². The number of rotatable bonds is 6. The molecule has 0 bridgehead atoms. The van der Waals surface area contributed by atoms with E-state index in [1.165, 1.54) is 0 Å². The second-order valence-corrected chi connectivity index (χ2v) is 6.05. The van der Waals surface area contributed by atoms with Gasteiger partial charge in [-0.2, -0.15) is 4.98 Å². The van der Waals surface area contributed by atoms with E-state index in [1.807, 2.05) is 18.7 Å². The molecule has 1 amide bonds. The molecular weight excluding hydrogens is 280 g/mol. The Morgan fingerprint density at radius 1 is 1.45 bits per heavy atom. The van der Waals surface area contributed by atoms with Crippen LogP contribution in [0.5, 0.6) is 0 Å². The van der Waals surface area contributed by atoms with Crippen molar-refractivity contribution < 1.29 is 9.32 Å². The monoisotopic (exact) mass is 308 g/mol. The van der Waals surface area contributed by atoms with Gasteiger partial charge >= 0.3 is 0 Å². The Labute approximate surface area is 132 Å². The predicted octanol–water partition coefficient (Wildman–Crippen LogP) is 2.32. The third kappa shape index (κ3) is 3.85. The fourth-order valence-electron chi connectivity index (χ4n) is 3.09. The van der Waals surface area contributed by atoms with Crippen LogP contribution in [0.25, 0.3) is 0 Å². The minimum Gasteiger partial charge on any atom is -0.342 e. The molecule has 6 heteroatoms. The predicted molar refractivity (Wildman–Crippen MR) is 84.3 cm³/mol. The largest absolute Gasteiger partial charge is 0.342 e. The van der Waals surface area contributed by atoms with Gasteiger partial charge in [0.05, 0.1) is 6.04 Å². The van der Waals surface area contributed by atoms with Crippen molar-refractivity contribution in [2.45, 2.75) is 65.5 Å². The van der Waals surface area contributed by atoms with E-state index >= 15 is 0 Å². The number of nitrogens with zero attached hydrogens (tertiary/aromatic N) is 3.